The van der Waals surface area contributed by atoms with E-state index in [1.165, 1.54) is 11.6 Å². The minimum Gasteiger partial charge on any atom is -0.477 e. The van der Waals surface area contributed by atoms with Gasteiger partial charge in [-0.2, -0.15) is 0 Å². The standard InChI is InChI=1S/C16H17N3O2/c1-11-10-13(15(20)21)18-16(17-11)19-9-5-4-7-12-6-2-3-8-14(12)19/h2-3,6,8,10H,4-5,7,9H2,1H3,(H,20,21). The lowest BCUT2D eigenvalue weighted by Crippen LogP contribution is -2.22. The number of hydrogen-bond donors (Lipinski definition) is 1. The molecule has 108 valence electrons. The number of para-hydroxylation sites is 1. The van der Waals surface area contributed by atoms with Gasteiger partial charge in [-0.05, 0) is 43.9 Å². The number of nitrogens with zero attached hydrogens (tertiary/aromatic N) is 3. The number of carboxylic acids is 1. The summed E-state index contributed by atoms with van der Waals surface area (Å²) >= 11 is 0. The van der Waals surface area contributed by atoms with Crippen molar-refractivity contribution in [2.45, 2.75) is 26.2 Å². The van der Waals surface area contributed by atoms with E-state index in [-0.39, 0.29) is 5.69 Å². The molecule has 1 aromatic carbocycles. The van der Waals surface area contributed by atoms with Gasteiger partial charge in [0, 0.05) is 17.9 Å². The van der Waals surface area contributed by atoms with Gasteiger partial charge >= 0.3 is 5.97 Å². The van der Waals surface area contributed by atoms with E-state index in [0.29, 0.717) is 11.6 Å². The first-order valence-corrected chi connectivity index (χ1v) is 7.09. The van der Waals surface area contributed by atoms with Crippen LogP contribution >= 0.6 is 0 Å². The van der Waals surface area contributed by atoms with Gasteiger partial charge in [0.1, 0.15) is 0 Å². The SMILES string of the molecule is Cc1cc(C(=O)O)nc(N2CCCCc3ccccc32)n1. The Morgan fingerprint density at radius 1 is 1.24 bits per heavy atom. The van der Waals surface area contributed by atoms with Crippen LogP contribution in [0.4, 0.5) is 11.6 Å². The van der Waals surface area contributed by atoms with E-state index in [1.807, 2.05) is 23.1 Å². The molecule has 2 heterocycles. The summed E-state index contributed by atoms with van der Waals surface area (Å²) in [5.74, 6) is -0.549. The van der Waals surface area contributed by atoms with Gasteiger partial charge in [0.25, 0.3) is 0 Å². The van der Waals surface area contributed by atoms with Crippen molar-refractivity contribution in [2.75, 3.05) is 11.4 Å². The van der Waals surface area contributed by atoms with E-state index in [4.69, 9.17) is 0 Å². The Balaban J connectivity index is 2.09. The molecule has 0 fully saturated rings. The molecule has 1 aromatic heterocycles. The highest BCUT2D eigenvalue weighted by atomic mass is 16.4. The number of benzene rings is 1. The van der Waals surface area contributed by atoms with E-state index >= 15 is 0 Å². The van der Waals surface area contributed by atoms with E-state index in [0.717, 1.165) is 31.5 Å². The summed E-state index contributed by atoms with van der Waals surface area (Å²) in [6, 6.07) is 9.68. The zero-order valence-corrected chi connectivity index (χ0v) is 11.9. The number of rotatable bonds is 2. The molecule has 0 bridgehead atoms. The quantitative estimate of drug-likeness (QED) is 0.917. The Bertz CT molecular complexity index is 685. The molecule has 21 heavy (non-hydrogen) atoms. The van der Waals surface area contributed by atoms with Gasteiger partial charge in [-0.25, -0.2) is 14.8 Å². The fourth-order valence-electron chi connectivity index (χ4n) is 2.68. The average molecular weight is 283 g/mol. The molecule has 0 amide bonds. The van der Waals surface area contributed by atoms with Gasteiger partial charge in [-0.3, -0.25) is 0 Å². The number of carboxylic acid groups (broad SMARTS) is 1. The molecule has 2 aromatic rings. The number of carbonyl (C=O) groups is 1. The lowest BCUT2D eigenvalue weighted by Gasteiger charge is -2.23. The van der Waals surface area contributed by atoms with Crippen molar-refractivity contribution >= 4 is 17.6 Å². The normalized spacial score (nSPS) is 14.4. The van der Waals surface area contributed by atoms with Crippen LogP contribution in [0.2, 0.25) is 0 Å². The van der Waals surface area contributed by atoms with Crippen molar-refractivity contribution in [1.82, 2.24) is 9.97 Å². The molecule has 5 heteroatoms. The van der Waals surface area contributed by atoms with E-state index < -0.39 is 5.97 Å². The highest BCUT2D eigenvalue weighted by Crippen LogP contribution is 2.30. The van der Waals surface area contributed by atoms with Crippen LogP contribution in [0.25, 0.3) is 0 Å². The third-order valence-corrected chi connectivity index (χ3v) is 3.66. The van der Waals surface area contributed by atoms with Crippen LogP contribution in [-0.2, 0) is 6.42 Å². The second-order valence-electron chi connectivity index (χ2n) is 5.24. The predicted molar refractivity (Wildman–Crippen MR) is 80.1 cm³/mol. The van der Waals surface area contributed by atoms with Crippen molar-refractivity contribution in [3.05, 3.63) is 47.3 Å². The second-order valence-corrected chi connectivity index (χ2v) is 5.24. The Kier molecular flexibility index (Phi) is 3.56. The predicted octanol–water partition coefficient (Wildman–Crippen LogP) is 2.96. The molecule has 0 unspecified atom stereocenters. The topological polar surface area (TPSA) is 66.3 Å². The Morgan fingerprint density at radius 2 is 2.05 bits per heavy atom. The molecule has 1 N–H and O–H groups in total. The summed E-state index contributed by atoms with van der Waals surface area (Å²) < 4.78 is 0. The lowest BCUT2D eigenvalue weighted by molar-refractivity contribution is 0.0690. The molecular weight excluding hydrogens is 266 g/mol. The van der Waals surface area contributed by atoms with Crippen molar-refractivity contribution < 1.29 is 9.90 Å². The summed E-state index contributed by atoms with van der Waals surface area (Å²) in [4.78, 5) is 21.9. The summed E-state index contributed by atoms with van der Waals surface area (Å²) in [7, 11) is 0. The largest absolute Gasteiger partial charge is 0.477 e. The third-order valence-electron chi connectivity index (χ3n) is 3.66. The minimum absolute atomic E-state index is 0.0410. The molecular formula is C16H17N3O2. The number of hydrogen-bond acceptors (Lipinski definition) is 4. The van der Waals surface area contributed by atoms with E-state index in [2.05, 4.69) is 16.0 Å². The fourth-order valence-corrected chi connectivity index (χ4v) is 2.68. The van der Waals surface area contributed by atoms with Gasteiger partial charge < -0.3 is 10.0 Å². The van der Waals surface area contributed by atoms with Crippen molar-refractivity contribution in [2.24, 2.45) is 0 Å². The zero-order chi connectivity index (χ0) is 14.8. The van der Waals surface area contributed by atoms with Crippen molar-refractivity contribution in [3.8, 4) is 0 Å². The third kappa shape index (κ3) is 2.72. The first kappa shape index (κ1) is 13.5. The van der Waals surface area contributed by atoms with Crippen LogP contribution in [0.1, 0.15) is 34.6 Å². The van der Waals surface area contributed by atoms with Crippen LogP contribution in [0.15, 0.2) is 30.3 Å². The number of aryl methyl sites for hydroxylation is 2. The van der Waals surface area contributed by atoms with Crippen molar-refractivity contribution in [1.29, 1.82) is 0 Å². The lowest BCUT2D eigenvalue weighted by atomic mass is 10.1. The highest BCUT2D eigenvalue weighted by Gasteiger charge is 2.20. The Hall–Kier alpha value is -2.43. The van der Waals surface area contributed by atoms with Crippen LogP contribution < -0.4 is 4.90 Å². The van der Waals surface area contributed by atoms with Crippen LogP contribution in [0, 0.1) is 6.92 Å². The van der Waals surface area contributed by atoms with Gasteiger partial charge in [-0.15, -0.1) is 0 Å². The monoisotopic (exact) mass is 283 g/mol. The molecule has 0 spiro atoms. The van der Waals surface area contributed by atoms with Gasteiger partial charge in [-0.1, -0.05) is 18.2 Å². The van der Waals surface area contributed by atoms with Gasteiger partial charge in [0.2, 0.25) is 5.95 Å². The van der Waals surface area contributed by atoms with Crippen LogP contribution in [-0.4, -0.2) is 27.6 Å². The molecule has 0 radical (unpaired) electrons. The molecule has 0 atom stereocenters. The molecule has 5 nitrogen and oxygen atoms in total. The van der Waals surface area contributed by atoms with E-state index in [9.17, 15) is 9.90 Å². The van der Waals surface area contributed by atoms with E-state index in [1.54, 1.807) is 6.92 Å². The first-order chi connectivity index (χ1) is 10.1. The number of fused-ring (bicyclic) bond motifs is 1. The first-order valence-electron chi connectivity index (χ1n) is 7.09. The Labute approximate surface area is 123 Å². The molecule has 0 saturated heterocycles. The maximum Gasteiger partial charge on any atom is 0.354 e. The van der Waals surface area contributed by atoms with Gasteiger partial charge in [0.05, 0.1) is 0 Å². The fraction of sp³-hybridized carbons (Fsp3) is 0.312. The molecule has 1 aliphatic rings. The number of anilines is 2. The highest BCUT2D eigenvalue weighted by molar-refractivity contribution is 5.86. The Morgan fingerprint density at radius 3 is 2.86 bits per heavy atom. The average Bonchev–Trinajstić information content (AvgIpc) is 2.69. The van der Waals surface area contributed by atoms with Crippen LogP contribution in [0.3, 0.4) is 0 Å². The second kappa shape index (κ2) is 5.52. The number of aromatic carboxylic acids is 1. The van der Waals surface area contributed by atoms with Crippen molar-refractivity contribution in [3.63, 3.8) is 0 Å². The molecule has 0 aliphatic carbocycles. The smallest absolute Gasteiger partial charge is 0.354 e. The summed E-state index contributed by atoms with van der Waals surface area (Å²) in [6.45, 7) is 2.60. The van der Waals surface area contributed by atoms with Crippen LogP contribution in [0.5, 0.6) is 0 Å². The summed E-state index contributed by atoms with van der Waals surface area (Å²) in [5, 5.41) is 9.17. The maximum atomic E-state index is 11.2. The zero-order valence-electron chi connectivity index (χ0n) is 11.9. The maximum absolute atomic E-state index is 11.2. The molecule has 3 rings (SSSR count). The summed E-state index contributed by atoms with van der Waals surface area (Å²) in [5.41, 5.74) is 3.05. The number of aromatic nitrogens is 2. The van der Waals surface area contributed by atoms with Gasteiger partial charge in [0.15, 0.2) is 5.69 Å². The molecule has 0 saturated carbocycles. The minimum atomic E-state index is -1.02. The summed E-state index contributed by atoms with van der Waals surface area (Å²) in [6.07, 6.45) is 3.18. The molecule has 1 aliphatic heterocycles.